The minimum atomic E-state index is -0.245. The topological polar surface area (TPSA) is 66.8 Å². The summed E-state index contributed by atoms with van der Waals surface area (Å²) in [5.41, 5.74) is 4.10. The summed E-state index contributed by atoms with van der Waals surface area (Å²) in [5.74, 6) is 1.02. The second-order valence-electron chi connectivity index (χ2n) is 8.89. The van der Waals surface area contributed by atoms with Crippen LogP contribution in [0.2, 0.25) is 0 Å². The summed E-state index contributed by atoms with van der Waals surface area (Å²) in [4.78, 5) is 23.6. The van der Waals surface area contributed by atoms with E-state index in [4.69, 9.17) is 14.2 Å². The van der Waals surface area contributed by atoms with Crippen LogP contribution >= 0.6 is 0 Å². The zero-order valence-electron chi connectivity index (χ0n) is 20.0. The molecule has 0 unspecified atom stereocenters. The van der Waals surface area contributed by atoms with Gasteiger partial charge >= 0.3 is 11.9 Å². The van der Waals surface area contributed by atoms with Crippen molar-refractivity contribution in [2.45, 2.75) is 52.0 Å². The van der Waals surface area contributed by atoms with Crippen LogP contribution in [0.5, 0.6) is 5.75 Å². The van der Waals surface area contributed by atoms with Crippen LogP contribution < -0.4 is 4.74 Å². The Morgan fingerprint density at radius 3 is 2.62 bits per heavy atom. The summed E-state index contributed by atoms with van der Waals surface area (Å²) in [5, 5.41) is 1.04. The fraction of sp³-hybridized carbons (Fsp3) is 0.429. The van der Waals surface area contributed by atoms with Gasteiger partial charge in [-0.25, -0.2) is 0 Å². The number of rotatable bonds is 10. The van der Waals surface area contributed by atoms with Gasteiger partial charge in [-0.1, -0.05) is 25.0 Å². The van der Waals surface area contributed by atoms with Crippen molar-refractivity contribution in [3.8, 4) is 16.9 Å². The van der Waals surface area contributed by atoms with Crippen LogP contribution in [0.1, 0.15) is 44.6 Å². The summed E-state index contributed by atoms with van der Waals surface area (Å²) in [7, 11) is 1.41. The molecule has 0 bridgehead atoms. The molecule has 0 radical (unpaired) electrons. The van der Waals surface area contributed by atoms with Gasteiger partial charge in [0, 0.05) is 29.1 Å². The van der Waals surface area contributed by atoms with Crippen LogP contribution in [0.4, 0.5) is 0 Å². The molecule has 6 nitrogen and oxygen atoms in total. The van der Waals surface area contributed by atoms with Crippen LogP contribution in [0.25, 0.3) is 22.0 Å². The van der Waals surface area contributed by atoms with Gasteiger partial charge in [-0.2, -0.15) is 0 Å². The van der Waals surface area contributed by atoms with Gasteiger partial charge in [0.1, 0.15) is 12.3 Å². The Balaban J connectivity index is 1.62. The van der Waals surface area contributed by atoms with Crippen LogP contribution in [0.15, 0.2) is 48.7 Å². The second kappa shape index (κ2) is 11.2. The number of carbonyl (C=O) groups is 2. The Morgan fingerprint density at radius 1 is 1.03 bits per heavy atom. The third-order valence-corrected chi connectivity index (χ3v) is 6.53. The van der Waals surface area contributed by atoms with Crippen molar-refractivity contribution < 1.29 is 23.8 Å². The van der Waals surface area contributed by atoms with Crippen molar-refractivity contribution in [1.82, 2.24) is 4.57 Å². The molecule has 1 saturated carbocycles. The summed E-state index contributed by atoms with van der Waals surface area (Å²) >= 11 is 0. The predicted octanol–water partition coefficient (Wildman–Crippen LogP) is 5.55. The maximum Gasteiger partial charge on any atom is 0.325 e. The molecule has 0 spiro atoms. The number of nitrogens with zero attached hydrogens (tertiary/aromatic N) is 1. The lowest BCUT2D eigenvalue weighted by Crippen LogP contribution is -2.12. The third kappa shape index (κ3) is 5.79. The van der Waals surface area contributed by atoms with E-state index < -0.39 is 0 Å². The number of hydrogen-bond donors (Lipinski definition) is 0. The SMILES string of the molecule is CCOC(=O)Cn1ccc2cc(-c3cc(CCC(=O)OC)ccc3OCC3CCCC3)ccc21. The maximum absolute atomic E-state index is 11.9. The molecule has 6 heteroatoms. The minimum absolute atomic E-state index is 0.190. The Bertz CT molecular complexity index is 1140. The molecule has 1 heterocycles. The van der Waals surface area contributed by atoms with E-state index in [9.17, 15) is 9.59 Å². The molecular formula is C28H33NO5. The standard InChI is InChI=1S/C28H33NO5/c1-3-33-28(31)18-29-15-14-23-17-22(10-11-25(23)29)24-16-20(9-13-27(30)32-2)8-12-26(24)34-19-21-6-4-5-7-21/h8,10-12,14-17,21H,3-7,9,13,18-19H2,1-2H3. The normalized spacial score (nSPS) is 13.8. The molecule has 1 aliphatic rings. The van der Waals surface area contributed by atoms with Crippen molar-refractivity contribution in [1.29, 1.82) is 0 Å². The molecular weight excluding hydrogens is 430 g/mol. The zero-order chi connectivity index (χ0) is 23.9. The monoisotopic (exact) mass is 463 g/mol. The first-order chi connectivity index (χ1) is 16.6. The van der Waals surface area contributed by atoms with Gasteiger partial charge in [0.25, 0.3) is 0 Å². The number of esters is 2. The van der Waals surface area contributed by atoms with Gasteiger partial charge in [-0.05, 0) is 73.6 Å². The molecule has 0 saturated heterocycles. The average molecular weight is 464 g/mol. The summed E-state index contributed by atoms with van der Waals surface area (Å²) in [6, 6.07) is 14.4. The molecule has 4 rings (SSSR count). The van der Waals surface area contributed by atoms with E-state index in [2.05, 4.69) is 18.2 Å². The van der Waals surface area contributed by atoms with Gasteiger partial charge in [0.2, 0.25) is 0 Å². The van der Waals surface area contributed by atoms with Gasteiger partial charge in [0.15, 0.2) is 0 Å². The molecule has 34 heavy (non-hydrogen) atoms. The third-order valence-electron chi connectivity index (χ3n) is 6.53. The van der Waals surface area contributed by atoms with Gasteiger partial charge in [-0.3, -0.25) is 9.59 Å². The largest absolute Gasteiger partial charge is 0.493 e. The first-order valence-electron chi connectivity index (χ1n) is 12.1. The molecule has 0 atom stereocenters. The van der Waals surface area contributed by atoms with Crippen molar-refractivity contribution in [2.75, 3.05) is 20.3 Å². The summed E-state index contributed by atoms with van der Waals surface area (Å²) < 4.78 is 18.1. The van der Waals surface area contributed by atoms with Crippen LogP contribution in [0.3, 0.4) is 0 Å². The molecule has 0 amide bonds. The van der Waals surface area contributed by atoms with E-state index in [0.29, 0.717) is 25.4 Å². The van der Waals surface area contributed by atoms with Crippen molar-refractivity contribution in [3.05, 3.63) is 54.2 Å². The highest BCUT2D eigenvalue weighted by Gasteiger charge is 2.17. The Hall–Kier alpha value is -3.28. The van der Waals surface area contributed by atoms with E-state index in [-0.39, 0.29) is 18.5 Å². The van der Waals surface area contributed by atoms with Crippen LogP contribution in [0, 0.1) is 5.92 Å². The first-order valence-corrected chi connectivity index (χ1v) is 12.1. The lowest BCUT2D eigenvalue weighted by molar-refractivity contribution is -0.143. The lowest BCUT2D eigenvalue weighted by atomic mass is 9.98. The maximum atomic E-state index is 11.9. The number of ether oxygens (including phenoxy) is 3. The smallest absolute Gasteiger partial charge is 0.325 e. The van der Waals surface area contributed by atoms with E-state index in [0.717, 1.165) is 39.9 Å². The predicted molar refractivity (Wildman–Crippen MR) is 132 cm³/mol. The number of hydrogen-bond acceptors (Lipinski definition) is 5. The number of methoxy groups -OCH3 is 1. The number of aryl methyl sites for hydroxylation is 1. The first kappa shape index (κ1) is 23.9. The molecule has 1 aromatic heterocycles. The molecule has 1 fully saturated rings. The van der Waals surface area contributed by atoms with E-state index in [1.807, 2.05) is 42.0 Å². The number of aromatic nitrogens is 1. The van der Waals surface area contributed by atoms with Crippen LogP contribution in [-0.4, -0.2) is 36.8 Å². The highest BCUT2D eigenvalue weighted by atomic mass is 16.5. The molecule has 180 valence electrons. The fourth-order valence-corrected chi connectivity index (χ4v) is 4.67. The lowest BCUT2D eigenvalue weighted by Gasteiger charge is -2.16. The minimum Gasteiger partial charge on any atom is -0.493 e. The van der Waals surface area contributed by atoms with Crippen molar-refractivity contribution in [3.63, 3.8) is 0 Å². The molecule has 3 aromatic rings. The van der Waals surface area contributed by atoms with Gasteiger partial charge in [0.05, 0.1) is 20.3 Å². The van der Waals surface area contributed by atoms with Gasteiger partial charge < -0.3 is 18.8 Å². The average Bonchev–Trinajstić information content (AvgIpc) is 3.51. The number of fused-ring (bicyclic) bond motifs is 1. The second-order valence-corrected chi connectivity index (χ2v) is 8.89. The van der Waals surface area contributed by atoms with Gasteiger partial charge in [-0.15, -0.1) is 0 Å². The quantitative estimate of drug-likeness (QED) is 0.369. The van der Waals surface area contributed by atoms with E-state index in [1.54, 1.807) is 0 Å². The van der Waals surface area contributed by atoms with Crippen molar-refractivity contribution >= 4 is 22.8 Å². The molecule has 0 aliphatic heterocycles. The molecule has 0 N–H and O–H groups in total. The van der Waals surface area contributed by atoms with E-state index in [1.165, 1.54) is 32.8 Å². The number of carbonyl (C=O) groups excluding carboxylic acids is 2. The highest BCUT2D eigenvalue weighted by Crippen LogP contribution is 2.35. The van der Waals surface area contributed by atoms with E-state index >= 15 is 0 Å². The Kier molecular flexibility index (Phi) is 7.88. The molecule has 1 aliphatic carbocycles. The number of benzene rings is 2. The fourth-order valence-electron chi connectivity index (χ4n) is 4.67. The molecule has 2 aromatic carbocycles. The zero-order valence-corrected chi connectivity index (χ0v) is 20.0. The van der Waals surface area contributed by atoms with Crippen LogP contribution in [-0.2, 0) is 32.0 Å². The Labute approximate surface area is 200 Å². The summed E-state index contributed by atoms with van der Waals surface area (Å²) in [6.45, 7) is 3.10. The Morgan fingerprint density at radius 2 is 1.85 bits per heavy atom. The highest BCUT2D eigenvalue weighted by molar-refractivity contribution is 5.88. The van der Waals surface area contributed by atoms with Crippen molar-refractivity contribution in [2.24, 2.45) is 5.92 Å². The summed E-state index contributed by atoms with van der Waals surface area (Å²) in [6.07, 6.45) is 7.89.